The van der Waals surface area contributed by atoms with Crippen LogP contribution in [-0.2, 0) is 10.0 Å². The maximum atomic E-state index is 12.1. The van der Waals surface area contributed by atoms with E-state index in [4.69, 9.17) is 4.42 Å². The fourth-order valence-electron chi connectivity index (χ4n) is 2.08. The molecule has 2 aromatic rings. The Balaban J connectivity index is 2.64. The summed E-state index contributed by atoms with van der Waals surface area (Å²) >= 11 is 0. The van der Waals surface area contributed by atoms with Gasteiger partial charge in [-0.25, -0.2) is 13.2 Å². The molecule has 114 valence electrons. The number of rotatable bonds is 6. The molecule has 2 N–H and O–H groups in total. The average molecular weight is 310 g/mol. The summed E-state index contributed by atoms with van der Waals surface area (Å²) in [5.41, 5.74) is 0.0919. The van der Waals surface area contributed by atoms with Crippen LogP contribution in [0, 0.1) is 0 Å². The first-order valence-corrected chi connectivity index (χ1v) is 8.44. The molecule has 0 amide bonds. The Bertz CT molecular complexity index is 796. The number of hydrogen-bond acceptors (Lipinski definition) is 5. The number of fused-ring (bicyclic) bond motifs is 1. The summed E-state index contributed by atoms with van der Waals surface area (Å²) < 4.78 is 31.4. The topological polar surface area (TPSA) is 88.4 Å². The lowest BCUT2D eigenvalue weighted by molar-refractivity contribution is 0.563. The first-order valence-electron chi connectivity index (χ1n) is 6.78. The minimum atomic E-state index is -3.57. The predicted octanol–water partition coefficient (Wildman–Crippen LogP) is 2.38. The zero-order valence-electron chi connectivity index (χ0n) is 12.0. The highest BCUT2D eigenvalue weighted by Gasteiger charge is 2.19. The van der Waals surface area contributed by atoms with Crippen molar-refractivity contribution in [2.24, 2.45) is 0 Å². The molecular formula is C14H18N2O4S. The molecule has 0 atom stereocenters. The molecule has 21 heavy (non-hydrogen) atoms. The van der Waals surface area contributed by atoms with Crippen molar-refractivity contribution in [3.05, 3.63) is 34.7 Å². The standard InChI is InChI=1S/C14H18N2O4S/c1-3-9-21(18,19)16-13-12(15-4-2)10-7-5-6-8-11(10)20-14(13)17/h5-8,15-16H,3-4,9H2,1-2H3. The van der Waals surface area contributed by atoms with Crippen molar-refractivity contribution in [3.63, 3.8) is 0 Å². The van der Waals surface area contributed by atoms with Crippen LogP contribution in [0.1, 0.15) is 20.3 Å². The van der Waals surface area contributed by atoms with Crippen molar-refractivity contribution >= 4 is 32.4 Å². The van der Waals surface area contributed by atoms with Gasteiger partial charge >= 0.3 is 5.63 Å². The molecule has 0 saturated carbocycles. The predicted molar refractivity (Wildman–Crippen MR) is 84.3 cm³/mol. The second-order valence-electron chi connectivity index (χ2n) is 4.59. The SMILES string of the molecule is CCCS(=O)(=O)Nc1c(NCC)c2ccccc2oc1=O. The molecule has 1 aromatic heterocycles. The minimum Gasteiger partial charge on any atom is -0.421 e. The van der Waals surface area contributed by atoms with E-state index in [1.165, 1.54) is 0 Å². The van der Waals surface area contributed by atoms with Gasteiger partial charge in [-0.2, -0.15) is 0 Å². The van der Waals surface area contributed by atoms with E-state index in [9.17, 15) is 13.2 Å². The van der Waals surface area contributed by atoms with Gasteiger partial charge in [-0.15, -0.1) is 0 Å². The molecule has 2 rings (SSSR count). The van der Waals surface area contributed by atoms with E-state index in [1.807, 2.05) is 6.92 Å². The van der Waals surface area contributed by atoms with Crippen molar-refractivity contribution in [1.82, 2.24) is 0 Å². The van der Waals surface area contributed by atoms with E-state index in [1.54, 1.807) is 31.2 Å². The molecule has 0 aliphatic carbocycles. The smallest absolute Gasteiger partial charge is 0.363 e. The molecule has 0 spiro atoms. The summed E-state index contributed by atoms with van der Waals surface area (Å²) in [5, 5.41) is 3.70. The van der Waals surface area contributed by atoms with E-state index in [0.29, 0.717) is 29.6 Å². The van der Waals surface area contributed by atoms with E-state index < -0.39 is 15.6 Å². The Morgan fingerprint density at radius 2 is 1.86 bits per heavy atom. The molecule has 1 heterocycles. The summed E-state index contributed by atoms with van der Waals surface area (Å²) in [4.78, 5) is 12.1. The molecule has 0 aliphatic heterocycles. The Kier molecular flexibility index (Phi) is 4.52. The van der Waals surface area contributed by atoms with Gasteiger partial charge in [0.1, 0.15) is 5.58 Å². The summed E-state index contributed by atoms with van der Waals surface area (Å²) in [6.45, 7) is 4.18. The monoisotopic (exact) mass is 310 g/mol. The first kappa shape index (κ1) is 15.4. The number of hydrogen-bond donors (Lipinski definition) is 2. The van der Waals surface area contributed by atoms with Crippen LogP contribution >= 0.6 is 0 Å². The number of nitrogens with one attached hydrogen (secondary N) is 2. The van der Waals surface area contributed by atoms with Gasteiger partial charge in [0.2, 0.25) is 10.0 Å². The number of anilines is 2. The van der Waals surface area contributed by atoms with Crippen molar-refractivity contribution in [1.29, 1.82) is 0 Å². The second kappa shape index (κ2) is 6.17. The first-order chi connectivity index (χ1) is 9.98. The highest BCUT2D eigenvalue weighted by atomic mass is 32.2. The highest BCUT2D eigenvalue weighted by Crippen LogP contribution is 2.29. The van der Waals surface area contributed by atoms with Gasteiger partial charge < -0.3 is 9.73 Å². The molecule has 7 heteroatoms. The van der Waals surface area contributed by atoms with Crippen molar-refractivity contribution in [3.8, 4) is 0 Å². The molecule has 0 fully saturated rings. The third-order valence-corrected chi connectivity index (χ3v) is 4.36. The molecule has 0 radical (unpaired) electrons. The Labute approximate surface area is 123 Å². The zero-order chi connectivity index (χ0) is 15.5. The van der Waals surface area contributed by atoms with Gasteiger partial charge in [0.25, 0.3) is 0 Å². The van der Waals surface area contributed by atoms with Crippen LogP contribution in [0.3, 0.4) is 0 Å². The lowest BCUT2D eigenvalue weighted by Crippen LogP contribution is -2.22. The van der Waals surface area contributed by atoms with E-state index in [2.05, 4.69) is 10.0 Å². The summed E-state index contributed by atoms with van der Waals surface area (Å²) in [5.74, 6) is -0.0508. The average Bonchev–Trinajstić information content (AvgIpc) is 2.42. The third-order valence-electron chi connectivity index (χ3n) is 2.90. The van der Waals surface area contributed by atoms with Crippen LogP contribution in [0.4, 0.5) is 11.4 Å². The van der Waals surface area contributed by atoms with Crippen molar-refractivity contribution in [2.75, 3.05) is 22.3 Å². The van der Waals surface area contributed by atoms with E-state index >= 15 is 0 Å². The fourth-order valence-corrected chi connectivity index (χ4v) is 3.21. The Hall–Kier alpha value is -2.02. The second-order valence-corrected chi connectivity index (χ2v) is 6.43. The van der Waals surface area contributed by atoms with Gasteiger partial charge in [0.15, 0.2) is 5.69 Å². The van der Waals surface area contributed by atoms with Crippen LogP contribution in [0.25, 0.3) is 11.0 Å². The number of sulfonamides is 1. The number of benzene rings is 1. The van der Waals surface area contributed by atoms with Gasteiger partial charge in [-0.05, 0) is 25.5 Å². The molecule has 0 unspecified atom stereocenters. The lowest BCUT2D eigenvalue weighted by atomic mass is 10.2. The van der Waals surface area contributed by atoms with Crippen LogP contribution < -0.4 is 15.7 Å². The number of para-hydroxylation sites is 1. The summed E-state index contributed by atoms with van der Waals surface area (Å²) in [7, 11) is -3.57. The third kappa shape index (κ3) is 3.36. The summed E-state index contributed by atoms with van der Waals surface area (Å²) in [6, 6.07) is 6.99. The molecule has 0 saturated heterocycles. The van der Waals surface area contributed by atoms with Gasteiger partial charge in [-0.3, -0.25) is 4.72 Å². The minimum absolute atomic E-state index is 0.0508. The molecule has 0 aliphatic rings. The molecule has 0 bridgehead atoms. The summed E-state index contributed by atoms with van der Waals surface area (Å²) in [6.07, 6.45) is 0.463. The molecule has 6 nitrogen and oxygen atoms in total. The van der Waals surface area contributed by atoms with Crippen LogP contribution in [-0.4, -0.2) is 20.7 Å². The van der Waals surface area contributed by atoms with Gasteiger partial charge in [-0.1, -0.05) is 19.1 Å². The highest BCUT2D eigenvalue weighted by molar-refractivity contribution is 7.92. The molecular weight excluding hydrogens is 292 g/mol. The van der Waals surface area contributed by atoms with Crippen LogP contribution in [0.15, 0.2) is 33.5 Å². The fraction of sp³-hybridized carbons (Fsp3) is 0.357. The van der Waals surface area contributed by atoms with Crippen molar-refractivity contribution < 1.29 is 12.8 Å². The Morgan fingerprint density at radius 3 is 2.52 bits per heavy atom. The maximum absolute atomic E-state index is 12.1. The van der Waals surface area contributed by atoms with Crippen LogP contribution in [0.5, 0.6) is 0 Å². The van der Waals surface area contributed by atoms with Crippen molar-refractivity contribution in [2.45, 2.75) is 20.3 Å². The normalized spacial score (nSPS) is 11.5. The molecule has 1 aromatic carbocycles. The van der Waals surface area contributed by atoms with E-state index in [-0.39, 0.29) is 11.4 Å². The quantitative estimate of drug-likeness (QED) is 0.800. The lowest BCUT2D eigenvalue weighted by Gasteiger charge is -2.13. The largest absolute Gasteiger partial charge is 0.421 e. The zero-order valence-corrected chi connectivity index (χ0v) is 12.8. The van der Waals surface area contributed by atoms with Gasteiger partial charge in [0.05, 0.1) is 11.4 Å². The maximum Gasteiger partial charge on any atom is 0.363 e. The van der Waals surface area contributed by atoms with E-state index in [0.717, 1.165) is 0 Å². The van der Waals surface area contributed by atoms with Crippen LogP contribution in [0.2, 0.25) is 0 Å². The Morgan fingerprint density at radius 1 is 1.14 bits per heavy atom. The van der Waals surface area contributed by atoms with Gasteiger partial charge in [0, 0.05) is 11.9 Å².